The van der Waals surface area contributed by atoms with Crippen LogP contribution in [0.25, 0.3) is 0 Å². The van der Waals surface area contributed by atoms with Gasteiger partial charge in [0.2, 0.25) is 11.5 Å². The molecule has 2 aliphatic heterocycles. The molecule has 22 heteroatoms. The Morgan fingerprint density at radius 2 is 1.33 bits per heavy atom. The first kappa shape index (κ1) is 44.8. The van der Waals surface area contributed by atoms with Crippen LogP contribution in [0.15, 0.2) is 80.9 Å². The fourth-order valence-electron chi connectivity index (χ4n) is 7.63. The van der Waals surface area contributed by atoms with Crippen molar-refractivity contribution in [3.8, 4) is 0 Å². The van der Waals surface area contributed by atoms with E-state index in [4.69, 9.17) is 0 Å². The zero-order valence-corrected chi connectivity index (χ0v) is 34.7. The van der Waals surface area contributed by atoms with E-state index in [0.29, 0.717) is 22.6 Å². The maximum Gasteiger partial charge on any atom is 0.303 e. The summed E-state index contributed by atoms with van der Waals surface area (Å²) in [6.07, 6.45) is 2.53. The topological polar surface area (TPSA) is 298 Å². The van der Waals surface area contributed by atoms with Crippen molar-refractivity contribution in [2.45, 2.75) is 79.9 Å². The third-order valence-electron chi connectivity index (χ3n) is 10.6. The molecule has 0 amide bonds. The second-order valence-electron chi connectivity index (χ2n) is 15.0. The van der Waals surface area contributed by atoms with Gasteiger partial charge in [-0.3, -0.25) is 27.8 Å². The number of ketones is 1. The number of carboxylic acids is 1. The van der Waals surface area contributed by atoms with Gasteiger partial charge < -0.3 is 15.1 Å². The first-order valence-electron chi connectivity index (χ1n) is 17.8. The molecule has 0 bridgehead atoms. The monoisotopic (exact) mass is 887 g/mol. The molecule has 1 unspecified atom stereocenters. The number of benzene rings is 2. The zero-order valence-electron chi connectivity index (χ0n) is 31.5. The van der Waals surface area contributed by atoms with Crippen LogP contribution in [0, 0.1) is 0 Å². The van der Waals surface area contributed by atoms with Crippen molar-refractivity contribution in [3.63, 3.8) is 0 Å². The summed E-state index contributed by atoms with van der Waals surface area (Å²) in [5.41, 5.74) is -0.636. The Labute approximate surface area is 335 Å². The smallest absolute Gasteiger partial charge is 0.303 e. The van der Waals surface area contributed by atoms with E-state index >= 15 is 0 Å². The van der Waals surface area contributed by atoms with E-state index in [2.05, 4.69) is 0 Å². The Kier molecular flexibility index (Phi) is 12.1. The Morgan fingerprint density at radius 1 is 0.776 bits per heavy atom. The fourth-order valence-corrected chi connectivity index (χ4v) is 9.78. The number of anilines is 1. The Bertz CT molecular complexity index is 2680. The summed E-state index contributed by atoms with van der Waals surface area (Å²) in [4.78, 5) is 26.6. The molecule has 2 heterocycles. The molecule has 18 nitrogen and oxygen atoms in total. The molecule has 0 saturated heterocycles. The lowest BCUT2D eigenvalue weighted by molar-refractivity contribution is -0.438. The Morgan fingerprint density at radius 3 is 1.86 bits per heavy atom. The number of fused-ring (bicyclic) bond motifs is 2. The molecule has 5 rings (SSSR count). The number of aliphatic carboxylic acids is 1. The van der Waals surface area contributed by atoms with Crippen molar-refractivity contribution in [1.29, 1.82) is 0 Å². The van der Waals surface area contributed by atoms with Crippen molar-refractivity contribution < 1.29 is 76.3 Å². The summed E-state index contributed by atoms with van der Waals surface area (Å²) in [6.45, 7) is 5.18. The number of nitrogens with zero attached hydrogens (tertiary/aromatic N) is 2. The van der Waals surface area contributed by atoms with Crippen LogP contribution >= 0.6 is 0 Å². The number of allylic oxidation sites excluding steroid dienone is 5. The molecular formula is C36H43N2O16S4+. The molecule has 6 N–H and O–H groups in total. The second kappa shape index (κ2) is 15.7. The molecule has 316 valence electrons. The number of hydrogen-bond donors (Lipinski definition) is 6. The lowest BCUT2D eigenvalue weighted by Gasteiger charge is -2.32. The third-order valence-corrected chi connectivity index (χ3v) is 13.9. The molecule has 0 fully saturated rings. The first-order chi connectivity index (χ1) is 26.6. The van der Waals surface area contributed by atoms with Gasteiger partial charge in [-0.2, -0.15) is 38.2 Å². The molecule has 3 aliphatic rings. The van der Waals surface area contributed by atoms with Gasteiger partial charge in [-0.15, -0.1) is 0 Å². The van der Waals surface area contributed by atoms with Gasteiger partial charge in [0.25, 0.3) is 40.5 Å². The first-order valence-corrected chi connectivity index (χ1v) is 23.9. The Balaban J connectivity index is 1.64. The number of aliphatic hydroxyl groups excluding tert-OH is 1. The van der Waals surface area contributed by atoms with Crippen molar-refractivity contribution in [1.82, 2.24) is 0 Å². The van der Waals surface area contributed by atoms with Crippen LogP contribution in [0.4, 0.5) is 11.4 Å². The minimum Gasteiger partial charge on any atom is -0.506 e. The van der Waals surface area contributed by atoms with E-state index in [0.717, 1.165) is 6.07 Å². The number of hydrogen-bond acceptors (Lipinski definition) is 12. The van der Waals surface area contributed by atoms with Gasteiger partial charge in [-0.05, 0) is 88.4 Å². The van der Waals surface area contributed by atoms with Crippen molar-refractivity contribution in [2.24, 2.45) is 0 Å². The SMILES string of the molecule is CC1(C)C(/C=C2/C(=O)C(/C=C3\N(CCCCS(=O)(=O)O)c4ccc(S(=O)(=O)O)cc4C3(C)CCC(=O)O)=C2O)=[N+](CCCCS(=O)(=O)O)c2ccc(S(=O)(=O)O)cc21. The molecule has 1 atom stereocenters. The van der Waals surface area contributed by atoms with E-state index in [-0.39, 0.29) is 67.6 Å². The standard InChI is InChI=1S/C36H42N2O16S4/c1-35(2)26-18-22(57(49,50)51)8-10-28(26)37(14-4-6-16-55(43,44)45)30(35)20-24-33(41)25(34(24)42)21-31-36(3,13-12-32(39)40)27-19-23(58(52,53)54)9-11-29(27)38(31)15-5-7-17-56(46,47)48/h8-11,18-21H,4-7,12-17H2,1-3H3,(H5-,39,40,41,42,43,44,45,46,47,48,49,50,51,52,53,54)/p+1. The molecule has 58 heavy (non-hydrogen) atoms. The van der Waals surface area contributed by atoms with Crippen molar-refractivity contribution in [2.75, 3.05) is 29.5 Å². The average Bonchev–Trinajstić information content (AvgIpc) is 3.45. The van der Waals surface area contributed by atoms with Gasteiger partial charge in [0.05, 0.1) is 37.9 Å². The summed E-state index contributed by atoms with van der Waals surface area (Å²) < 4.78 is 134. The van der Waals surface area contributed by atoms with Crippen LogP contribution in [0.5, 0.6) is 0 Å². The average molecular weight is 888 g/mol. The predicted molar refractivity (Wildman–Crippen MR) is 209 cm³/mol. The third kappa shape index (κ3) is 9.28. The molecule has 0 spiro atoms. The van der Waals surface area contributed by atoms with Crippen LogP contribution in [0.2, 0.25) is 0 Å². The number of rotatable bonds is 17. The molecule has 1 aliphatic carbocycles. The number of carbonyl (C=O) groups excluding carboxylic acids is 1. The highest BCUT2D eigenvalue weighted by atomic mass is 32.2. The van der Waals surface area contributed by atoms with Crippen molar-refractivity contribution in [3.05, 3.63) is 82.3 Å². The molecular weight excluding hydrogens is 845 g/mol. The van der Waals surface area contributed by atoms with E-state index in [1.165, 1.54) is 42.5 Å². The van der Waals surface area contributed by atoms with E-state index in [1.54, 1.807) is 30.2 Å². The maximum atomic E-state index is 14.0. The van der Waals surface area contributed by atoms with Gasteiger partial charge in [-0.1, -0.05) is 0 Å². The van der Waals surface area contributed by atoms with Crippen LogP contribution in [0.3, 0.4) is 0 Å². The summed E-state index contributed by atoms with van der Waals surface area (Å²) in [6, 6.07) is 7.56. The van der Waals surface area contributed by atoms with E-state index in [1.807, 2.05) is 0 Å². The minimum atomic E-state index is -4.73. The zero-order chi connectivity index (χ0) is 43.4. The van der Waals surface area contributed by atoms with Crippen LogP contribution in [-0.4, -0.2) is 109 Å². The van der Waals surface area contributed by atoms with E-state index in [9.17, 15) is 71.7 Å². The van der Waals surface area contributed by atoms with Gasteiger partial charge in [-0.25, -0.2) is 0 Å². The highest BCUT2D eigenvalue weighted by Gasteiger charge is 2.49. The molecule has 2 aromatic rings. The summed E-state index contributed by atoms with van der Waals surface area (Å²) in [5.74, 6) is -3.45. The molecule has 0 aromatic heterocycles. The lowest BCUT2D eigenvalue weighted by atomic mass is 9.75. The number of aliphatic hydroxyl groups is 1. The number of carbonyl (C=O) groups is 2. The van der Waals surface area contributed by atoms with Crippen LogP contribution in [-0.2, 0) is 60.9 Å². The normalized spacial score (nSPS) is 20.9. The van der Waals surface area contributed by atoms with E-state index < -0.39 is 96.5 Å². The van der Waals surface area contributed by atoms with Gasteiger partial charge in [0, 0.05) is 53.9 Å². The highest BCUT2D eigenvalue weighted by molar-refractivity contribution is 7.86. The van der Waals surface area contributed by atoms with Crippen LogP contribution in [0.1, 0.15) is 70.4 Å². The molecule has 0 radical (unpaired) electrons. The Hall–Kier alpha value is -4.29. The van der Waals surface area contributed by atoms with Gasteiger partial charge in [0.1, 0.15) is 12.3 Å². The number of unbranched alkanes of at least 4 members (excludes halogenated alkanes) is 2. The minimum absolute atomic E-state index is 0.0124. The second-order valence-corrected chi connectivity index (χ2v) is 21.0. The van der Waals surface area contributed by atoms with Gasteiger partial charge in [0.15, 0.2) is 5.71 Å². The molecule has 0 saturated carbocycles. The maximum absolute atomic E-state index is 14.0. The summed E-state index contributed by atoms with van der Waals surface area (Å²) in [5, 5.41) is 21.2. The quantitative estimate of drug-likeness (QED) is 0.0570. The summed E-state index contributed by atoms with van der Waals surface area (Å²) >= 11 is 0. The largest absolute Gasteiger partial charge is 0.506 e. The predicted octanol–water partition coefficient (Wildman–Crippen LogP) is 3.74. The lowest BCUT2D eigenvalue weighted by Crippen LogP contribution is -2.33. The van der Waals surface area contributed by atoms with Gasteiger partial charge >= 0.3 is 5.97 Å². The number of carboxylic acid groups (broad SMARTS) is 1. The highest BCUT2D eigenvalue weighted by Crippen LogP contribution is 2.52. The fraction of sp³-hybridized carbons (Fsp3) is 0.417. The van der Waals surface area contributed by atoms with Crippen LogP contribution < -0.4 is 4.90 Å². The number of Topliss-reactive ketones (excluding diaryl/α,β-unsaturated/α-hetero) is 1. The van der Waals surface area contributed by atoms with Crippen molar-refractivity contribution >= 4 is 69.3 Å². The molecule has 2 aromatic carbocycles. The summed E-state index contributed by atoms with van der Waals surface area (Å²) in [7, 11) is -17.9.